The summed E-state index contributed by atoms with van der Waals surface area (Å²) in [6, 6.07) is 48.9. The molecule has 0 radical (unpaired) electrons. The van der Waals surface area contributed by atoms with E-state index in [0.29, 0.717) is 23.3 Å². The molecule has 0 saturated carbocycles. The van der Waals surface area contributed by atoms with Gasteiger partial charge in [0.05, 0.1) is 44.9 Å². The van der Waals surface area contributed by atoms with Gasteiger partial charge in [-0.25, -0.2) is 9.97 Å². The predicted octanol–water partition coefficient (Wildman–Crippen LogP) is 12.9. The molecule has 93 heavy (non-hydrogen) atoms. The Morgan fingerprint density at radius 1 is 0.538 bits per heavy atom. The van der Waals surface area contributed by atoms with Gasteiger partial charge in [0, 0.05) is 127 Å². The van der Waals surface area contributed by atoms with Crippen LogP contribution in [0.5, 0.6) is 0 Å². The Kier molecular flexibility index (Phi) is 19.0. The van der Waals surface area contributed by atoms with E-state index in [1.54, 1.807) is 35.4 Å². The fourth-order valence-corrected chi connectivity index (χ4v) is 12.3. The number of nitro benzene ring substituents is 1. The number of ether oxygens (including phenoxy) is 1. The van der Waals surface area contributed by atoms with Gasteiger partial charge in [-0.15, -0.1) is 0 Å². The molecule has 19 heteroatoms. The zero-order chi connectivity index (χ0) is 64.6. The minimum absolute atomic E-state index is 0.0778. The Morgan fingerprint density at radius 3 is 1.52 bits per heavy atom. The van der Waals surface area contributed by atoms with E-state index >= 15 is 0 Å². The van der Waals surface area contributed by atoms with Crippen LogP contribution < -0.4 is 26.2 Å². The Hall–Kier alpha value is -9.82. The highest BCUT2D eigenvalue weighted by Crippen LogP contribution is 2.34. The number of nitro groups is 1. The Bertz CT molecular complexity index is 4470. The van der Waals surface area contributed by atoms with E-state index in [9.17, 15) is 19.7 Å². The molecule has 11 aromatic rings. The minimum Gasteiger partial charge on any atom is -0.381 e. The molecule has 0 amide bonds. The van der Waals surface area contributed by atoms with E-state index < -0.39 is 11.1 Å². The zero-order valence-corrected chi connectivity index (χ0v) is 54.0. The van der Waals surface area contributed by atoms with Gasteiger partial charge in [0.2, 0.25) is 0 Å². The molecule has 0 unspecified atom stereocenters. The predicted molar refractivity (Wildman–Crippen MR) is 372 cm³/mol. The molecular weight excluding hydrogens is 1160 g/mol. The summed E-state index contributed by atoms with van der Waals surface area (Å²) in [5.41, 5.74) is 16.1. The Balaban J connectivity index is 0.000000166. The molecule has 0 aliphatic carbocycles. The summed E-state index contributed by atoms with van der Waals surface area (Å²) in [4.78, 5) is 74.4. The summed E-state index contributed by atoms with van der Waals surface area (Å²) >= 11 is 0. The van der Waals surface area contributed by atoms with Crippen LogP contribution in [0.4, 0.5) is 22.7 Å². The standard InChI is InChI=1S/C36H37N7O2.C34H37N7O2.C4H8O/c1-36(2,3)27-12-10-26(11-13-27)33-38-29-7-4-8-30(32(29)40-33)42-18-16-41(17-19-42)22-24-9-14-28-31(20-24)43(35(45)34(44)39-28)23-25-6-5-15-37-21-25;1-34(2,3)27-12-10-26(11-13-27)33-37-28-7-4-8-31(32(28)38-33)40-18-16-39(17-19-40)23-24-9-14-30(41(42)43)29(20-24)36-22-25-6-5-15-35-21-25;1-2-4-5-3-1/h4-15,20-21H,16-19,22-23H2,1-3H3,(H,38,40)(H,39,44);4-15,20-21,36H,16-19,22-23H2,1-3H3,(H,37,38);1-4H2. The number of anilines is 3. The van der Waals surface area contributed by atoms with E-state index in [2.05, 4.69) is 176 Å². The normalized spacial score (nSPS) is 14.9. The number of para-hydroxylation sites is 2. The number of imidazole rings is 2. The molecule has 19 nitrogen and oxygen atoms in total. The van der Waals surface area contributed by atoms with Crippen LogP contribution in [0.25, 0.3) is 55.9 Å². The number of nitrogens with one attached hydrogen (secondary N) is 4. The maximum absolute atomic E-state index is 12.9. The molecule has 0 spiro atoms. The van der Waals surface area contributed by atoms with Crippen LogP contribution in [0.15, 0.2) is 180 Å². The maximum Gasteiger partial charge on any atom is 0.317 e. The van der Waals surface area contributed by atoms with Crippen molar-refractivity contribution in [2.45, 2.75) is 91.4 Å². The number of rotatable bonds is 14. The first-order valence-corrected chi connectivity index (χ1v) is 32.2. The number of benzene rings is 6. The second-order valence-electron chi connectivity index (χ2n) is 26.4. The molecule has 0 atom stereocenters. The highest BCUT2D eigenvalue weighted by atomic mass is 16.6. The van der Waals surface area contributed by atoms with Crippen LogP contribution in [-0.4, -0.2) is 120 Å². The number of fused-ring (bicyclic) bond motifs is 3. The molecule has 8 heterocycles. The number of piperazine rings is 2. The van der Waals surface area contributed by atoms with Crippen molar-refractivity contribution in [1.29, 1.82) is 0 Å². The fourth-order valence-electron chi connectivity index (χ4n) is 12.3. The van der Waals surface area contributed by atoms with Crippen molar-refractivity contribution in [1.82, 2.24) is 49.3 Å². The van der Waals surface area contributed by atoms with E-state index in [-0.39, 0.29) is 28.0 Å². The number of H-pyrrole nitrogens is 3. The largest absolute Gasteiger partial charge is 0.381 e. The van der Waals surface area contributed by atoms with Crippen molar-refractivity contribution >= 4 is 55.8 Å². The Labute approximate surface area is 541 Å². The second-order valence-corrected chi connectivity index (χ2v) is 26.4. The van der Waals surface area contributed by atoms with E-state index in [4.69, 9.17) is 14.7 Å². The molecule has 4 N–H and O–H groups in total. The van der Waals surface area contributed by atoms with Crippen LogP contribution in [0.3, 0.4) is 0 Å². The van der Waals surface area contributed by atoms with Crippen LogP contribution in [0.1, 0.15) is 87.8 Å². The molecule has 3 aliphatic heterocycles. The van der Waals surface area contributed by atoms with Gasteiger partial charge in [0.1, 0.15) is 28.4 Å². The van der Waals surface area contributed by atoms with Crippen molar-refractivity contribution in [3.63, 3.8) is 0 Å². The molecule has 0 bridgehead atoms. The third-order valence-electron chi connectivity index (χ3n) is 17.7. The molecule has 5 aromatic heterocycles. The lowest BCUT2D eigenvalue weighted by atomic mass is 9.87. The topological polar surface area (TPSA) is 215 Å². The smallest absolute Gasteiger partial charge is 0.317 e. The molecule has 478 valence electrons. The number of nitrogens with zero attached hydrogens (tertiary/aromatic N) is 10. The first kappa shape index (κ1) is 63.3. The number of hydrogen-bond acceptors (Lipinski definition) is 14. The SMILES string of the molecule is C1CCOC1.CC(C)(C)c1ccc(-c2nc3c(N4CCN(Cc5ccc([N+](=O)[O-])c(NCc6cccnc6)c5)CC4)cccc3[nH]2)cc1.CC(C)(C)c1ccc(-c2nc3c(N4CCN(Cc5ccc6[nH]c(=O)c(=O)n(Cc7cccnc7)c6c5)CC4)cccc3[nH]2)cc1. The zero-order valence-electron chi connectivity index (χ0n) is 54.0. The second kappa shape index (κ2) is 28.0. The van der Waals surface area contributed by atoms with Crippen LogP contribution >= 0.6 is 0 Å². The Morgan fingerprint density at radius 2 is 1.04 bits per heavy atom. The van der Waals surface area contributed by atoms with Gasteiger partial charge in [-0.1, -0.05) is 126 Å². The lowest BCUT2D eigenvalue weighted by molar-refractivity contribution is -0.384. The summed E-state index contributed by atoms with van der Waals surface area (Å²) in [6.07, 6.45) is 9.44. The van der Waals surface area contributed by atoms with Crippen molar-refractivity contribution in [3.8, 4) is 22.8 Å². The lowest BCUT2D eigenvalue weighted by Gasteiger charge is -2.36. The van der Waals surface area contributed by atoms with Crippen LogP contribution in [0, 0.1) is 10.1 Å². The van der Waals surface area contributed by atoms with Gasteiger partial charge in [-0.2, -0.15) is 0 Å². The van der Waals surface area contributed by atoms with Gasteiger partial charge >= 0.3 is 11.1 Å². The first-order valence-electron chi connectivity index (χ1n) is 32.2. The minimum atomic E-state index is -0.618. The molecule has 14 rings (SSSR count). The van der Waals surface area contributed by atoms with Crippen molar-refractivity contribution in [2.75, 3.05) is 80.7 Å². The van der Waals surface area contributed by atoms with Crippen LogP contribution in [0.2, 0.25) is 0 Å². The van der Waals surface area contributed by atoms with E-state index in [1.165, 1.54) is 24.0 Å². The highest BCUT2D eigenvalue weighted by molar-refractivity contribution is 5.92. The average molecular weight is 1250 g/mol. The van der Waals surface area contributed by atoms with Crippen molar-refractivity contribution < 1.29 is 9.66 Å². The van der Waals surface area contributed by atoms with Gasteiger partial charge in [-0.05, 0) is 112 Å². The average Bonchev–Trinajstić information content (AvgIpc) is 1.91. The summed E-state index contributed by atoms with van der Waals surface area (Å²) in [5.74, 6) is 1.77. The third-order valence-corrected chi connectivity index (χ3v) is 17.7. The number of hydrogen-bond donors (Lipinski definition) is 4. The van der Waals surface area contributed by atoms with Gasteiger partial charge in [0.15, 0.2) is 0 Å². The molecule has 3 saturated heterocycles. The summed E-state index contributed by atoms with van der Waals surface area (Å²) in [7, 11) is 0. The maximum atomic E-state index is 12.9. The number of aromatic amines is 3. The molecule has 6 aromatic carbocycles. The van der Waals surface area contributed by atoms with Gasteiger partial charge < -0.3 is 34.8 Å². The summed E-state index contributed by atoms with van der Waals surface area (Å²) < 4.78 is 6.49. The van der Waals surface area contributed by atoms with Crippen molar-refractivity contribution in [3.05, 3.63) is 235 Å². The molecule has 3 fully saturated rings. The summed E-state index contributed by atoms with van der Waals surface area (Å²) in [6.45, 7) is 24.7. The monoisotopic (exact) mass is 1250 g/mol. The fraction of sp³-hybridized carbons (Fsp3) is 0.324. The number of pyridine rings is 2. The highest BCUT2D eigenvalue weighted by Gasteiger charge is 2.25. The van der Waals surface area contributed by atoms with Crippen LogP contribution in [-0.2, 0) is 41.7 Å². The van der Waals surface area contributed by atoms with E-state index in [0.717, 1.165) is 157 Å². The van der Waals surface area contributed by atoms with E-state index in [1.807, 2.05) is 54.6 Å². The van der Waals surface area contributed by atoms with Gasteiger partial charge in [0.25, 0.3) is 5.69 Å². The quantitative estimate of drug-likeness (QED) is 0.0453. The summed E-state index contributed by atoms with van der Waals surface area (Å²) in [5, 5.41) is 14.9. The van der Waals surface area contributed by atoms with Gasteiger partial charge in [-0.3, -0.25) is 44.0 Å². The number of aromatic nitrogens is 8. The van der Waals surface area contributed by atoms with Crippen molar-refractivity contribution in [2.24, 2.45) is 0 Å². The third kappa shape index (κ3) is 15.2. The lowest BCUT2D eigenvalue weighted by Crippen LogP contribution is -2.46. The first-order chi connectivity index (χ1) is 45.0. The molecular formula is C74H82N14O5. The molecule has 3 aliphatic rings.